The highest BCUT2D eigenvalue weighted by atomic mass is 32.2. The first kappa shape index (κ1) is 14.2. The Morgan fingerprint density at radius 1 is 1.19 bits per heavy atom. The van der Waals surface area contributed by atoms with E-state index in [1.54, 1.807) is 17.5 Å². The molecule has 3 aromatic rings. The molecule has 0 fully saturated rings. The maximum absolute atomic E-state index is 12.2. The Bertz CT molecular complexity index is 749. The van der Waals surface area contributed by atoms with Crippen molar-refractivity contribution in [2.45, 2.75) is 18.4 Å². The van der Waals surface area contributed by atoms with Gasteiger partial charge in [0.15, 0.2) is 0 Å². The molecule has 3 rings (SSSR count). The van der Waals surface area contributed by atoms with Crippen LogP contribution in [0.5, 0.6) is 0 Å². The second-order valence-electron chi connectivity index (χ2n) is 4.70. The first-order valence-corrected chi connectivity index (χ1v) is 8.86. The number of hydrogen-bond acceptors (Lipinski definition) is 4. The Hall–Kier alpha value is -1.79. The predicted molar refractivity (Wildman–Crippen MR) is 86.0 cm³/mol. The lowest BCUT2D eigenvalue weighted by atomic mass is 10.3. The van der Waals surface area contributed by atoms with Gasteiger partial charge < -0.3 is 0 Å². The Labute approximate surface area is 129 Å². The summed E-state index contributed by atoms with van der Waals surface area (Å²) in [6.07, 6.45) is 5.53. The average Bonchev–Trinajstić information content (AvgIpc) is 3.09. The molecule has 0 saturated heterocycles. The van der Waals surface area contributed by atoms with E-state index >= 15 is 0 Å². The van der Waals surface area contributed by atoms with Gasteiger partial charge in [-0.15, -0.1) is 11.3 Å². The zero-order valence-electron chi connectivity index (χ0n) is 11.6. The molecule has 1 unspecified atom stereocenters. The first-order valence-electron chi connectivity index (χ1n) is 6.56. The summed E-state index contributed by atoms with van der Waals surface area (Å²) in [5, 5.41) is 5.34. The Kier molecular flexibility index (Phi) is 4.26. The Balaban J connectivity index is 1.66. The van der Waals surface area contributed by atoms with Crippen LogP contribution in [0.4, 0.5) is 0 Å². The molecule has 0 bridgehead atoms. The van der Waals surface area contributed by atoms with Crippen molar-refractivity contribution in [2.24, 2.45) is 0 Å². The van der Waals surface area contributed by atoms with E-state index in [1.165, 1.54) is 0 Å². The molecular weight excluding hydrogens is 302 g/mol. The van der Waals surface area contributed by atoms with E-state index in [0.29, 0.717) is 11.5 Å². The highest BCUT2D eigenvalue weighted by Gasteiger charge is 2.08. The van der Waals surface area contributed by atoms with E-state index in [0.717, 1.165) is 21.1 Å². The summed E-state index contributed by atoms with van der Waals surface area (Å²) in [7, 11) is -0.935. The Morgan fingerprint density at radius 3 is 2.71 bits per heavy atom. The van der Waals surface area contributed by atoms with Crippen molar-refractivity contribution in [1.29, 1.82) is 0 Å². The van der Waals surface area contributed by atoms with Crippen LogP contribution in [-0.2, 0) is 22.3 Å². The van der Waals surface area contributed by atoms with Crippen LogP contribution in [0.25, 0.3) is 5.69 Å². The van der Waals surface area contributed by atoms with Gasteiger partial charge in [0.25, 0.3) is 0 Å². The molecule has 0 N–H and O–H groups in total. The van der Waals surface area contributed by atoms with Crippen molar-refractivity contribution in [1.82, 2.24) is 14.8 Å². The van der Waals surface area contributed by atoms with Gasteiger partial charge in [-0.3, -0.25) is 4.21 Å². The molecule has 0 saturated carbocycles. The molecule has 1 atom stereocenters. The van der Waals surface area contributed by atoms with Crippen LogP contribution in [0, 0.1) is 6.92 Å². The van der Waals surface area contributed by atoms with Crippen molar-refractivity contribution >= 4 is 22.1 Å². The average molecular weight is 317 g/mol. The second kappa shape index (κ2) is 6.32. The van der Waals surface area contributed by atoms with Gasteiger partial charge in [0.05, 0.1) is 28.4 Å². The summed E-state index contributed by atoms with van der Waals surface area (Å²) in [6.45, 7) is 1.96. The lowest BCUT2D eigenvalue weighted by Gasteiger charge is -1.99. The third kappa shape index (κ3) is 3.65. The fourth-order valence-electron chi connectivity index (χ4n) is 2.02. The fraction of sp³-hybridized carbons (Fsp3) is 0.200. The van der Waals surface area contributed by atoms with E-state index in [2.05, 4.69) is 10.1 Å². The van der Waals surface area contributed by atoms with Crippen LogP contribution in [0.15, 0.2) is 48.9 Å². The number of para-hydroxylation sites is 1. The molecule has 1 aromatic carbocycles. The monoisotopic (exact) mass is 317 g/mol. The minimum atomic E-state index is -0.935. The van der Waals surface area contributed by atoms with Gasteiger partial charge >= 0.3 is 0 Å². The third-order valence-corrected chi connectivity index (χ3v) is 5.34. The number of rotatable bonds is 5. The smallest absolute Gasteiger partial charge is 0.0897 e. The first-order chi connectivity index (χ1) is 10.2. The molecule has 0 aliphatic heterocycles. The third-order valence-electron chi connectivity index (χ3n) is 2.96. The zero-order valence-corrected chi connectivity index (χ0v) is 13.2. The quantitative estimate of drug-likeness (QED) is 0.726. The summed E-state index contributed by atoms with van der Waals surface area (Å²) < 4.78 is 14.0. The van der Waals surface area contributed by atoms with Crippen LogP contribution in [0.1, 0.15) is 15.4 Å². The lowest BCUT2D eigenvalue weighted by Crippen LogP contribution is -1.97. The summed E-state index contributed by atoms with van der Waals surface area (Å²) in [4.78, 5) is 5.26. The van der Waals surface area contributed by atoms with Gasteiger partial charge in [-0.1, -0.05) is 18.2 Å². The van der Waals surface area contributed by atoms with Gasteiger partial charge in [0.1, 0.15) is 0 Å². The summed E-state index contributed by atoms with van der Waals surface area (Å²) >= 11 is 1.60. The van der Waals surface area contributed by atoms with Gasteiger partial charge in [-0.25, -0.2) is 9.67 Å². The summed E-state index contributed by atoms with van der Waals surface area (Å²) in [5.41, 5.74) is 1.99. The molecule has 0 aliphatic carbocycles. The number of nitrogens with zero attached hydrogens (tertiary/aromatic N) is 3. The molecule has 0 aliphatic rings. The van der Waals surface area contributed by atoms with Gasteiger partial charge in [0, 0.05) is 33.6 Å². The zero-order chi connectivity index (χ0) is 14.7. The van der Waals surface area contributed by atoms with E-state index in [4.69, 9.17) is 0 Å². The number of aryl methyl sites for hydroxylation is 1. The molecule has 108 valence electrons. The number of benzene rings is 1. The molecule has 0 radical (unpaired) electrons. The molecule has 21 heavy (non-hydrogen) atoms. The molecule has 0 spiro atoms. The summed E-state index contributed by atoms with van der Waals surface area (Å²) in [6, 6.07) is 9.91. The van der Waals surface area contributed by atoms with Crippen LogP contribution in [0.2, 0.25) is 0 Å². The number of thiazole rings is 1. The highest BCUT2D eigenvalue weighted by molar-refractivity contribution is 7.83. The minimum Gasteiger partial charge on any atom is -0.259 e. The minimum absolute atomic E-state index is 0.518. The van der Waals surface area contributed by atoms with Crippen LogP contribution >= 0.6 is 11.3 Å². The SMILES string of the molecule is Cc1ncc(CS(=O)Cc2cnn(-c3ccccc3)c2)s1. The van der Waals surface area contributed by atoms with Gasteiger partial charge in [0.2, 0.25) is 0 Å². The number of hydrogen-bond donors (Lipinski definition) is 0. The van der Waals surface area contributed by atoms with Crippen LogP contribution in [0.3, 0.4) is 0 Å². The molecule has 2 aromatic heterocycles. The van der Waals surface area contributed by atoms with Crippen LogP contribution < -0.4 is 0 Å². The maximum Gasteiger partial charge on any atom is 0.0897 e. The van der Waals surface area contributed by atoms with E-state index in [-0.39, 0.29) is 0 Å². The molecule has 2 heterocycles. The largest absolute Gasteiger partial charge is 0.259 e. The topological polar surface area (TPSA) is 47.8 Å². The van der Waals surface area contributed by atoms with E-state index < -0.39 is 10.8 Å². The van der Waals surface area contributed by atoms with E-state index in [9.17, 15) is 4.21 Å². The second-order valence-corrected chi connectivity index (χ2v) is 7.48. The fourth-order valence-corrected chi connectivity index (χ4v) is 4.26. The normalized spacial score (nSPS) is 12.4. The molecule has 6 heteroatoms. The van der Waals surface area contributed by atoms with Gasteiger partial charge in [-0.2, -0.15) is 5.10 Å². The van der Waals surface area contributed by atoms with E-state index in [1.807, 2.05) is 54.3 Å². The summed E-state index contributed by atoms with van der Waals surface area (Å²) in [5.74, 6) is 1.08. The van der Waals surface area contributed by atoms with Crippen LogP contribution in [-0.4, -0.2) is 19.0 Å². The molecule has 0 amide bonds. The predicted octanol–water partition coefficient (Wildman–Crippen LogP) is 3.09. The Morgan fingerprint density at radius 2 is 2.00 bits per heavy atom. The van der Waals surface area contributed by atoms with Crippen molar-refractivity contribution < 1.29 is 4.21 Å². The van der Waals surface area contributed by atoms with Crippen molar-refractivity contribution in [3.63, 3.8) is 0 Å². The van der Waals surface area contributed by atoms with Crippen molar-refractivity contribution in [2.75, 3.05) is 0 Å². The highest BCUT2D eigenvalue weighted by Crippen LogP contribution is 2.16. The molecule has 4 nitrogen and oxygen atoms in total. The van der Waals surface area contributed by atoms with Gasteiger partial charge in [-0.05, 0) is 19.1 Å². The number of aromatic nitrogens is 3. The van der Waals surface area contributed by atoms with Crippen molar-refractivity contribution in [3.8, 4) is 5.69 Å². The lowest BCUT2D eigenvalue weighted by molar-refractivity contribution is 0.682. The standard InChI is InChI=1S/C15H15N3OS2/c1-12-16-8-15(20-12)11-21(19)10-13-7-17-18(9-13)14-5-3-2-4-6-14/h2-9H,10-11H2,1H3. The maximum atomic E-state index is 12.2. The molecular formula is C15H15N3OS2. The van der Waals surface area contributed by atoms with Crippen molar-refractivity contribution in [3.05, 3.63) is 64.4 Å².